The molecule has 0 spiro atoms. The summed E-state index contributed by atoms with van der Waals surface area (Å²) in [5.41, 5.74) is 11.2. The van der Waals surface area contributed by atoms with Gasteiger partial charge in [-0.05, 0) is 147 Å². The highest BCUT2D eigenvalue weighted by Gasteiger charge is 2.63. The van der Waals surface area contributed by atoms with Crippen molar-refractivity contribution in [3.63, 3.8) is 0 Å². The first-order chi connectivity index (χ1) is 22.6. The number of aryl methyl sites for hydroxylation is 4. The van der Waals surface area contributed by atoms with Gasteiger partial charge in [-0.15, -0.1) is 0 Å². The lowest BCUT2D eigenvalue weighted by atomic mass is 9.59. The third kappa shape index (κ3) is 5.83. The fraction of sp³-hybridized carbons (Fsp3) is 0.739. The molecule has 14 unspecified atom stereocenters. The Balaban J connectivity index is 1.27. The molecule has 0 aliphatic heterocycles. The second-order valence-electron chi connectivity index (χ2n) is 20.3. The van der Waals surface area contributed by atoms with Gasteiger partial charge in [0, 0.05) is 13.0 Å². The Morgan fingerprint density at radius 2 is 1.08 bits per heavy atom. The molecule has 0 amide bonds. The molecule has 48 heavy (non-hydrogen) atoms. The standard InChI is InChI=1S/C46H70OSi/c1-26-16-27(2)19-33(18-26)41-35-15-13-14-32(35)24-38-36(41)22-30(5)44(38)48(11,12)45-31(6)23-37-39(45)25-40(46(7,8)9)43(47-10)42(37)34-20-28(3)17-29(4)21-34/h16-21,30-32,35-45H,13-15,22-25H2,1-12H3. The average molecular weight is 667 g/mol. The molecule has 0 saturated heterocycles. The molecule has 5 fully saturated rings. The van der Waals surface area contributed by atoms with Crippen LogP contribution in [0.5, 0.6) is 0 Å². The molecule has 7 rings (SSSR count). The molecule has 14 atom stereocenters. The molecule has 0 bridgehead atoms. The summed E-state index contributed by atoms with van der Waals surface area (Å²) in [5.74, 6) is 8.83. The second kappa shape index (κ2) is 12.7. The highest BCUT2D eigenvalue weighted by atomic mass is 28.3. The molecule has 0 heterocycles. The van der Waals surface area contributed by atoms with Gasteiger partial charge in [0.2, 0.25) is 0 Å². The van der Waals surface area contributed by atoms with Crippen LogP contribution in [0.15, 0.2) is 36.4 Å². The molecule has 264 valence electrons. The Labute approximate surface area is 296 Å². The first kappa shape index (κ1) is 35.0. The first-order valence-electron chi connectivity index (χ1n) is 20.3. The smallest absolute Gasteiger partial charge is 0.0675 e. The van der Waals surface area contributed by atoms with Crippen molar-refractivity contribution in [3.05, 3.63) is 69.8 Å². The van der Waals surface area contributed by atoms with Crippen molar-refractivity contribution in [2.24, 2.45) is 58.7 Å². The van der Waals surface area contributed by atoms with E-state index >= 15 is 0 Å². The Morgan fingerprint density at radius 3 is 1.58 bits per heavy atom. The maximum Gasteiger partial charge on any atom is 0.0675 e. The molecule has 5 aliphatic carbocycles. The summed E-state index contributed by atoms with van der Waals surface area (Å²) in [5, 5.41) is 0. The molecule has 2 aromatic rings. The number of hydrogen-bond donors (Lipinski definition) is 0. The first-order valence-corrected chi connectivity index (χ1v) is 23.4. The van der Waals surface area contributed by atoms with Gasteiger partial charge in [0.25, 0.3) is 0 Å². The summed E-state index contributed by atoms with van der Waals surface area (Å²) in [6.07, 6.45) is 10.5. The SMILES string of the molecule is COC1C(c2cc(C)cc(C)c2)C2CC(C)C([Si](C)(C)C3C(C)CC4C3CC3CCCC3C4c3cc(C)cc(C)c3)C2CC1C(C)(C)C. The Hall–Kier alpha value is -1.38. The van der Waals surface area contributed by atoms with Gasteiger partial charge in [0.05, 0.1) is 14.2 Å². The Bertz CT molecular complexity index is 1440. The lowest BCUT2D eigenvalue weighted by Gasteiger charge is -2.54. The van der Waals surface area contributed by atoms with E-state index in [2.05, 4.69) is 112 Å². The van der Waals surface area contributed by atoms with Crippen LogP contribution in [0.3, 0.4) is 0 Å². The summed E-state index contributed by atoms with van der Waals surface area (Å²) in [6, 6.07) is 15.0. The van der Waals surface area contributed by atoms with E-state index in [1.807, 2.05) is 7.11 Å². The van der Waals surface area contributed by atoms with Crippen molar-refractivity contribution in [2.75, 3.05) is 7.11 Å². The van der Waals surface area contributed by atoms with Gasteiger partial charge in [0.15, 0.2) is 0 Å². The molecule has 2 heteroatoms. The fourth-order valence-electron chi connectivity index (χ4n) is 15.1. The van der Waals surface area contributed by atoms with Gasteiger partial charge in [-0.2, -0.15) is 0 Å². The van der Waals surface area contributed by atoms with E-state index in [-0.39, 0.29) is 5.41 Å². The topological polar surface area (TPSA) is 9.23 Å². The van der Waals surface area contributed by atoms with Crippen LogP contribution in [0.1, 0.15) is 125 Å². The van der Waals surface area contributed by atoms with Crippen LogP contribution in [0, 0.1) is 86.4 Å². The van der Waals surface area contributed by atoms with Gasteiger partial charge >= 0.3 is 0 Å². The van der Waals surface area contributed by atoms with Crippen LogP contribution in [-0.2, 0) is 4.74 Å². The highest BCUT2D eigenvalue weighted by Crippen LogP contribution is 2.70. The zero-order valence-electron chi connectivity index (χ0n) is 32.9. The average Bonchev–Trinajstić information content (AvgIpc) is 3.67. The largest absolute Gasteiger partial charge is 0.381 e. The normalized spacial score (nSPS) is 41.2. The van der Waals surface area contributed by atoms with E-state index in [4.69, 9.17) is 4.74 Å². The summed E-state index contributed by atoms with van der Waals surface area (Å²) in [6.45, 7) is 28.1. The van der Waals surface area contributed by atoms with Gasteiger partial charge < -0.3 is 4.74 Å². The van der Waals surface area contributed by atoms with Crippen LogP contribution in [-0.4, -0.2) is 21.3 Å². The highest BCUT2D eigenvalue weighted by molar-refractivity contribution is 6.80. The molecule has 0 N–H and O–H groups in total. The number of rotatable bonds is 5. The Kier molecular flexibility index (Phi) is 9.26. The van der Waals surface area contributed by atoms with Gasteiger partial charge in [-0.25, -0.2) is 0 Å². The second-order valence-corrected chi connectivity index (χ2v) is 25.3. The predicted octanol–water partition coefficient (Wildman–Crippen LogP) is 12.7. The predicted molar refractivity (Wildman–Crippen MR) is 208 cm³/mol. The number of fused-ring (bicyclic) bond motifs is 3. The lowest BCUT2D eigenvalue weighted by Crippen LogP contribution is -2.51. The number of benzene rings is 2. The molecular weight excluding hydrogens is 597 g/mol. The molecule has 5 saturated carbocycles. The number of hydrogen-bond acceptors (Lipinski definition) is 1. The number of ether oxygens (including phenoxy) is 1. The minimum atomic E-state index is -1.69. The molecule has 5 aliphatic rings. The minimum Gasteiger partial charge on any atom is -0.381 e. The van der Waals surface area contributed by atoms with E-state index in [0.717, 1.165) is 64.3 Å². The monoisotopic (exact) mass is 667 g/mol. The summed E-state index contributed by atoms with van der Waals surface area (Å²) in [4.78, 5) is 0. The lowest BCUT2D eigenvalue weighted by molar-refractivity contribution is -0.0690. The van der Waals surface area contributed by atoms with Crippen molar-refractivity contribution in [2.45, 2.75) is 149 Å². The van der Waals surface area contributed by atoms with Crippen molar-refractivity contribution < 1.29 is 4.74 Å². The minimum absolute atomic E-state index is 0.233. The van der Waals surface area contributed by atoms with E-state index in [1.165, 1.54) is 60.8 Å². The third-order valence-electron chi connectivity index (χ3n) is 15.9. The van der Waals surface area contributed by atoms with E-state index in [1.54, 1.807) is 17.5 Å². The maximum absolute atomic E-state index is 6.65. The van der Waals surface area contributed by atoms with Crippen LogP contribution >= 0.6 is 0 Å². The van der Waals surface area contributed by atoms with Crippen LogP contribution in [0.4, 0.5) is 0 Å². The van der Waals surface area contributed by atoms with Crippen LogP contribution in [0.2, 0.25) is 24.2 Å². The molecular formula is C46H70OSi. The van der Waals surface area contributed by atoms with Crippen molar-refractivity contribution in [3.8, 4) is 0 Å². The van der Waals surface area contributed by atoms with Crippen molar-refractivity contribution in [1.29, 1.82) is 0 Å². The quantitative estimate of drug-likeness (QED) is 0.289. The van der Waals surface area contributed by atoms with Gasteiger partial charge in [0.1, 0.15) is 0 Å². The summed E-state index contributed by atoms with van der Waals surface area (Å²) < 4.78 is 6.65. The molecule has 2 aromatic carbocycles. The van der Waals surface area contributed by atoms with E-state index in [0.29, 0.717) is 17.9 Å². The maximum atomic E-state index is 6.65. The summed E-state index contributed by atoms with van der Waals surface area (Å²) >= 11 is 0. The van der Waals surface area contributed by atoms with Crippen LogP contribution in [0.25, 0.3) is 0 Å². The zero-order chi connectivity index (χ0) is 34.4. The summed E-state index contributed by atoms with van der Waals surface area (Å²) in [7, 11) is 0.337. The molecule has 0 radical (unpaired) electrons. The number of methoxy groups -OCH3 is 1. The van der Waals surface area contributed by atoms with E-state index < -0.39 is 8.07 Å². The van der Waals surface area contributed by atoms with Crippen molar-refractivity contribution >= 4 is 8.07 Å². The third-order valence-corrected chi connectivity index (χ3v) is 21.3. The molecule has 1 nitrogen and oxygen atoms in total. The van der Waals surface area contributed by atoms with Gasteiger partial charge in [-0.3, -0.25) is 0 Å². The van der Waals surface area contributed by atoms with Crippen LogP contribution < -0.4 is 0 Å². The van der Waals surface area contributed by atoms with E-state index in [9.17, 15) is 0 Å². The Morgan fingerprint density at radius 1 is 0.604 bits per heavy atom. The zero-order valence-corrected chi connectivity index (χ0v) is 33.9. The van der Waals surface area contributed by atoms with Crippen molar-refractivity contribution in [1.82, 2.24) is 0 Å². The fourth-order valence-corrected chi connectivity index (χ4v) is 21.7. The molecule has 0 aromatic heterocycles. The van der Waals surface area contributed by atoms with Gasteiger partial charge in [-0.1, -0.05) is 119 Å².